The lowest BCUT2D eigenvalue weighted by atomic mass is 10.1. The van der Waals surface area contributed by atoms with Crippen molar-refractivity contribution in [3.63, 3.8) is 0 Å². The second kappa shape index (κ2) is 5.02. The molecule has 1 aromatic heterocycles. The van der Waals surface area contributed by atoms with Crippen LogP contribution in [0.2, 0.25) is 5.02 Å². The normalized spacial score (nSPS) is 10.8. The average molecular weight is 269 g/mol. The molecule has 0 saturated heterocycles. The van der Waals surface area contributed by atoms with E-state index in [-0.39, 0.29) is 5.91 Å². The Morgan fingerprint density at radius 1 is 1.53 bits per heavy atom. The highest BCUT2D eigenvalue weighted by Gasteiger charge is 2.14. The number of aryl methyl sites for hydroxylation is 1. The van der Waals surface area contributed by atoms with E-state index in [1.165, 1.54) is 0 Å². The molecule has 0 bridgehead atoms. The molecule has 0 aliphatic carbocycles. The number of thiol groups is 1. The first-order valence-electron chi connectivity index (χ1n) is 5.30. The fourth-order valence-electron chi connectivity index (χ4n) is 1.79. The molecule has 0 aliphatic heterocycles. The SMILES string of the molecule is Cc1c(C(=O)NCCS)[nH]c2cc(Cl)ccc12. The van der Waals surface area contributed by atoms with Crippen molar-refractivity contribution in [1.29, 1.82) is 0 Å². The smallest absolute Gasteiger partial charge is 0.268 e. The highest BCUT2D eigenvalue weighted by Crippen LogP contribution is 2.24. The molecule has 0 aliphatic rings. The highest BCUT2D eigenvalue weighted by molar-refractivity contribution is 7.80. The lowest BCUT2D eigenvalue weighted by Gasteiger charge is -2.01. The monoisotopic (exact) mass is 268 g/mol. The van der Waals surface area contributed by atoms with Gasteiger partial charge in [-0.15, -0.1) is 0 Å². The fourth-order valence-corrected chi connectivity index (χ4v) is 2.08. The first-order valence-corrected chi connectivity index (χ1v) is 6.31. The fraction of sp³-hybridized carbons (Fsp3) is 0.250. The van der Waals surface area contributed by atoms with Crippen LogP contribution in [0.1, 0.15) is 16.1 Å². The minimum absolute atomic E-state index is 0.108. The molecule has 1 aromatic carbocycles. The van der Waals surface area contributed by atoms with E-state index in [0.29, 0.717) is 23.0 Å². The number of amides is 1. The van der Waals surface area contributed by atoms with E-state index in [1.54, 1.807) is 0 Å². The molecule has 0 radical (unpaired) electrons. The molecule has 0 atom stereocenters. The van der Waals surface area contributed by atoms with Crippen LogP contribution >= 0.6 is 24.2 Å². The number of rotatable bonds is 3. The third-order valence-corrected chi connectivity index (χ3v) is 3.10. The summed E-state index contributed by atoms with van der Waals surface area (Å²) >= 11 is 9.97. The Morgan fingerprint density at radius 2 is 2.29 bits per heavy atom. The van der Waals surface area contributed by atoms with Crippen molar-refractivity contribution in [2.24, 2.45) is 0 Å². The lowest BCUT2D eigenvalue weighted by Crippen LogP contribution is -2.26. The summed E-state index contributed by atoms with van der Waals surface area (Å²) in [5.41, 5.74) is 2.41. The van der Waals surface area contributed by atoms with E-state index in [4.69, 9.17) is 11.6 Å². The predicted molar refractivity (Wildman–Crippen MR) is 74.2 cm³/mol. The van der Waals surface area contributed by atoms with Crippen molar-refractivity contribution in [2.45, 2.75) is 6.92 Å². The first kappa shape index (κ1) is 12.3. The Labute approximate surface area is 110 Å². The van der Waals surface area contributed by atoms with Crippen molar-refractivity contribution >= 4 is 41.0 Å². The number of carbonyl (C=O) groups is 1. The van der Waals surface area contributed by atoms with Gasteiger partial charge in [0.05, 0.1) is 0 Å². The van der Waals surface area contributed by atoms with Crippen LogP contribution in [0.4, 0.5) is 0 Å². The second-order valence-corrected chi connectivity index (χ2v) is 4.68. The Bertz CT molecular complexity index is 565. The molecule has 0 fully saturated rings. The van der Waals surface area contributed by atoms with Gasteiger partial charge in [0.15, 0.2) is 0 Å². The predicted octanol–water partition coefficient (Wildman–Crippen LogP) is 2.79. The van der Waals surface area contributed by atoms with Crippen LogP contribution in [0.3, 0.4) is 0 Å². The summed E-state index contributed by atoms with van der Waals surface area (Å²) in [5, 5.41) is 4.46. The summed E-state index contributed by atoms with van der Waals surface area (Å²) in [6.07, 6.45) is 0. The largest absolute Gasteiger partial charge is 0.350 e. The quantitative estimate of drug-likeness (QED) is 0.737. The molecule has 2 rings (SSSR count). The summed E-state index contributed by atoms with van der Waals surface area (Å²) in [6.45, 7) is 2.47. The highest BCUT2D eigenvalue weighted by atomic mass is 35.5. The third-order valence-electron chi connectivity index (χ3n) is 2.64. The topological polar surface area (TPSA) is 44.9 Å². The van der Waals surface area contributed by atoms with Crippen molar-refractivity contribution in [3.8, 4) is 0 Å². The Hall–Kier alpha value is -1.13. The molecule has 3 nitrogen and oxygen atoms in total. The molecule has 0 saturated carbocycles. The third kappa shape index (κ3) is 2.42. The van der Waals surface area contributed by atoms with Gasteiger partial charge >= 0.3 is 0 Å². The molecule has 1 amide bonds. The van der Waals surface area contributed by atoms with Crippen LogP contribution in [-0.4, -0.2) is 23.2 Å². The molecular formula is C12H13ClN2OS. The minimum atomic E-state index is -0.108. The van der Waals surface area contributed by atoms with Crippen molar-refractivity contribution in [1.82, 2.24) is 10.3 Å². The second-order valence-electron chi connectivity index (χ2n) is 3.79. The van der Waals surface area contributed by atoms with E-state index in [9.17, 15) is 4.79 Å². The van der Waals surface area contributed by atoms with Gasteiger partial charge in [-0.25, -0.2) is 0 Å². The van der Waals surface area contributed by atoms with Gasteiger partial charge in [0.2, 0.25) is 0 Å². The van der Waals surface area contributed by atoms with Crippen LogP contribution < -0.4 is 5.32 Å². The Balaban J connectivity index is 2.41. The van der Waals surface area contributed by atoms with E-state index >= 15 is 0 Å². The average Bonchev–Trinajstić information content (AvgIpc) is 2.63. The number of aromatic nitrogens is 1. The number of carbonyl (C=O) groups excluding carboxylic acids is 1. The van der Waals surface area contributed by atoms with E-state index in [2.05, 4.69) is 22.9 Å². The standard InChI is InChI=1S/C12H13ClN2OS/c1-7-9-3-2-8(13)6-10(9)15-11(7)12(16)14-4-5-17/h2-3,6,15,17H,4-5H2,1H3,(H,14,16). The van der Waals surface area contributed by atoms with E-state index in [0.717, 1.165) is 16.5 Å². The molecule has 90 valence electrons. The van der Waals surface area contributed by atoms with Gasteiger partial charge in [0.1, 0.15) is 5.69 Å². The number of hydrogen-bond donors (Lipinski definition) is 3. The Kier molecular flexibility index (Phi) is 3.64. The number of H-pyrrole nitrogens is 1. The Morgan fingerprint density at radius 3 is 3.00 bits per heavy atom. The zero-order chi connectivity index (χ0) is 12.4. The molecule has 2 aromatic rings. The van der Waals surface area contributed by atoms with Gasteiger partial charge in [0.25, 0.3) is 5.91 Å². The van der Waals surface area contributed by atoms with Crippen molar-refractivity contribution in [3.05, 3.63) is 34.5 Å². The van der Waals surface area contributed by atoms with Gasteiger partial charge < -0.3 is 10.3 Å². The van der Waals surface area contributed by atoms with Crippen LogP contribution in [0, 0.1) is 6.92 Å². The summed E-state index contributed by atoms with van der Waals surface area (Å²) in [5.74, 6) is 0.514. The van der Waals surface area contributed by atoms with Crippen LogP contribution in [-0.2, 0) is 0 Å². The van der Waals surface area contributed by atoms with Crippen LogP contribution in [0.5, 0.6) is 0 Å². The van der Waals surface area contributed by atoms with Crippen LogP contribution in [0.25, 0.3) is 10.9 Å². The van der Waals surface area contributed by atoms with Gasteiger partial charge in [0, 0.05) is 28.2 Å². The van der Waals surface area contributed by atoms with E-state index < -0.39 is 0 Å². The zero-order valence-electron chi connectivity index (χ0n) is 9.38. The maximum atomic E-state index is 11.9. The van der Waals surface area contributed by atoms with E-state index in [1.807, 2.05) is 25.1 Å². The molecule has 0 unspecified atom stereocenters. The van der Waals surface area contributed by atoms with Gasteiger partial charge in [-0.1, -0.05) is 17.7 Å². The van der Waals surface area contributed by atoms with Gasteiger partial charge in [-0.05, 0) is 24.6 Å². The number of hydrogen-bond acceptors (Lipinski definition) is 2. The van der Waals surface area contributed by atoms with Gasteiger partial charge in [-0.3, -0.25) is 4.79 Å². The van der Waals surface area contributed by atoms with Crippen molar-refractivity contribution in [2.75, 3.05) is 12.3 Å². The molecule has 0 spiro atoms. The molecule has 5 heteroatoms. The maximum Gasteiger partial charge on any atom is 0.268 e. The molecule has 17 heavy (non-hydrogen) atoms. The number of fused-ring (bicyclic) bond motifs is 1. The maximum absolute atomic E-state index is 11.9. The molecular weight excluding hydrogens is 256 g/mol. The number of halogens is 1. The summed E-state index contributed by atoms with van der Waals surface area (Å²) in [7, 11) is 0. The summed E-state index contributed by atoms with van der Waals surface area (Å²) in [4.78, 5) is 15.0. The number of nitrogens with one attached hydrogen (secondary N) is 2. The summed E-state index contributed by atoms with van der Waals surface area (Å²) < 4.78 is 0. The molecule has 1 heterocycles. The zero-order valence-corrected chi connectivity index (χ0v) is 11.0. The lowest BCUT2D eigenvalue weighted by molar-refractivity contribution is 0.0951. The van der Waals surface area contributed by atoms with Crippen LogP contribution in [0.15, 0.2) is 18.2 Å². The van der Waals surface area contributed by atoms with Gasteiger partial charge in [-0.2, -0.15) is 12.6 Å². The number of aromatic amines is 1. The number of benzene rings is 1. The first-order chi connectivity index (χ1) is 8.13. The molecule has 2 N–H and O–H groups in total. The summed E-state index contributed by atoms with van der Waals surface area (Å²) in [6, 6.07) is 5.55. The minimum Gasteiger partial charge on any atom is -0.350 e. The van der Waals surface area contributed by atoms with Crippen molar-refractivity contribution < 1.29 is 4.79 Å².